The number of anilines is 1. The molecule has 9 nitrogen and oxygen atoms in total. The van der Waals surface area contributed by atoms with Gasteiger partial charge in [0.05, 0.1) is 12.2 Å². The van der Waals surface area contributed by atoms with Crippen molar-refractivity contribution in [2.45, 2.75) is 13.8 Å². The van der Waals surface area contributed by atoms with Crippen molar-refractivity contribution in [2.75, 3.05) is 38.1 Å². The standard InChI is InChI=1S/C18H32N8OS/c1-4-25(5-2)14-8-6-13(7-9-14)15(12-28)24-26(21)11-10-23-16(18(20)27)17(19)22-3/h6-9,12,22-24,28H,4-5,10-11,19,21H2,1-3H3,(H2,20,27)/b15-12-,17-16+. The van der Waals surface area contributed by atoms with E-state index < -0.39 is 5.91 Å². The summed E-state index contributed by atoms with van der Waals surface area (Å²) in [4.78, 5) is 13.7. The van der Waals surface area contributed by atoms with Gasteiger partial charge in [-0.2, -0.15) is 5.12 Å². The summed E-state index contributed by atoms with van der Waals surface area (Å²) < 4.78 is 0. The van der Waals surface area contributed by atoms with Crippen LogP contribution in [0.5, 0.6) is 0 Å². The first kappa shape index (κ1) is 23.5. The van der Waals surface area contributed by atoms with E-state index in [1.807, 2.05) is 12.1 Å². The second kappa shape index (κ2) is 12.0. The van der Waals surface area contributed by atoms with Crippen LogP contribution in [0.15, 0.2) is 41.2 Å². The first-order chi connectivity index (χ1) is 13.4. The van der Waals surface area contributed by atoms with Gasteiger partial charge in [-0.15, -0.1) is 12.6 Å². The molecule has 1 aromatic rings. The van der Waals surface area contributed by atoms with Gasteiger partial charge in [0.2, 0.25) is 0 Å². The first-order valence-electron chi connectivity index (χ1n) is 9.07. The van der Waals surface area contributed by atoms with Crippen LogP contribution in [-0.2, 0) is 4.79 Å². The SMILES string of the molecule is CCN(CC)c1ccc(/C(=C/S)NN(N)CCN/C(C(N)=O)=C(\N)NC)cc1. The van der Waals surface area contributed by atoms with E-state index in [-0.39, 0.29) is 11.5 Å². The largest absolute Gasteiger partial charge is 0.384 e. The molecule has 0 bridgehead atoms. The maximum absolute atomic E-state index is 11.4. The zero-order chi connectivity index (χ0) is 21.1. The lowest BCUT2D eigenvalue weighted by molar-refractivity contribution is -0.115. The monoisotopic (exact) mass is 408 g/mol. The minimum absolute atomic E-state index is 0.118. The summed E-state index contributed by atoms with van der Waals surface area (Å²) in [5, 5.41) is 8.59. The lowest BCUT2D eigenvalue weighted by Gasteiger charge is -2.23. The van der Waals surface area contributed by atoms with Crippen molar-refractivity contribution in [3.8, 4) is 0 Å². The topological polar surface area (TPSA) is 138 Å². The molecule has 1 aromatic carbocycles. The Morgan fingerprint density at radius 3 is 2.25 bits per heavy atom. The highest BCUT2D eigenvalue weighted by atomic mass is 32.1. The number of rotatable bonds is 12. The lowest BCUT2D eigenvalue weighted by atomic mass is 10.1. The van der Waals surface area contributed by atoms with Crippen LogP contribution in [0.1, 0.15) is 19.4 Å². The third-order valence-corrected chi connectivity index (χ3v) is 4.40. The highest BCUT2D eigenvalue weighted by Gasteiger charge is 2.10. The highest BCUT2D eigenvalue weighted by molar-refractivity contribution is 7.83. The second-order valence-corrected chi connectivity index (χ2v) is 6.16. The fraction of sp³-hybridized carbons (Fsp3) is 0.389. The third kappa shape index (κ3) is 6.87. The van der Waals surface area contributed by atoms with E-state index >= 15 is 0 Å². The van der Waals surface area contributed by atoms with Crippen molar-refractivity contribution < 1.29 is 4.79 Å². The number of thiol groups is 1. The fourth-order valence-corrected chi connectivity index (χ4v) is 2.77. The molecule has 1 amide bonds. The number of carbonyl (C=O) groups is 1. The summed E-state index contributed by atoms with van der Waals surface area (Å²) in [5.41, 5.74) is 17.0. The number of hydrogen-bond acceptors (Lipinski definition) is 9. The number of nitrogens with two attached hydrogens (primary N) is 3. The van der Waals surface area contributed by atoms with Crippen LogP contribution in [0.2, 0.25) is 0 Å². The predicted octanol–water partition coefficient (Wildman–Crippen LogP) is -0.137. The molecular formula is C18H32N8OS. The van der Waals surface area contributed by atoms with E-state index in [2.05, 4.69) is 59.6 Å². The van der Waals surface area contributed by atoms with Gasteiger partial charge in [0.25, 0.3) is 5.91 Å². The Bertz CT molecular complexity index is 685. The Hall–Kier alpha value is -2.56. The zero-order valence-corrected chi connectivity index (χ0v) is 17.6. The molecule has 0 aliphatic carbocycles. The van der Waals surface area contributed by atoms with E-state index in [4.69, 9.17) is 17.3 Å². The molecule has 0 saturated heterocycles. The molecule has 0 spiro atoms. The number of hydrogen-bond donors (Lipinski definition) is 7. The Morgan fingerprint density at radius 2 is 1.79 bits per heavy atom. The van der Waals surface area contributed by atoms with Crippen molar-refractivity contribution in [1.82, 2.24) is 21.2 Å². The number of nitrogens with zero attached hydrogens (tertiary/aromatic N) is 2. The van der Waals surface area contributed by atoms with E-state index in [9.17, 15) is 4.79 Å². The molecule has 0 aromatic heterocycles. The van der Waals surface area contributed by atoms with Gasteiger partial charge in [-0.05, 0) is 37.0 Å². The molecule has 0 aliphatic rings. The van der Waals surface area contributed by atoms with Gasteiger partial charge in [-0.1, -0.05) is 12.1 Å². The molecule has 0 saturated carbocycles. The van der Waals surface area contributed by atoms with Crippen LogP contribution < -0.4 is 38.3 Å². The quantitative estimate of drug-likeness (QED) is 0.110. The van der Waals surface area contributed by atoms with Gasteiger partial charge in [-0.25, -0.2) is 0 Å². The van der Waals surface area contributed by atoms with Crippen molar-refractivity contribution >= 4 is 29.9 Å². The van der Waals surface area contributed by atoms with Gasteiger partial charge >= 0.3 is 0 Å². The van der Waals surface area contributed by atoms with Crippen molar-refractivity contribution in [3.63, 3.8) is 0 Å². The lowest BCUT2D eigenvalue weighted by Crippen LogP contribution is -2.47. The number of primary amides is 1. The number of amides is 1. The van der Waals surface area contributed by atoms with Crippen LogP contribution in [0, 0.1) is 0 Å². The number of hydrazine groups is 2. The van der Waals surface area contributed by atoms with Gasteiger partial charge in [0.1, 0.15) is 11.5 Å². The third-order valence-electron chi connectivity index (χ3n) is 4.14. The molecule has 156 valence electrons. The fourth-order valence-electron chi connectivity index (χ4n) is 2.56. The van der Waals surface area contributed by atoms with Gasteiger partial charge in [-0.3, -0.25) is 10.6 Å². The Kier molecular flexibility index (Phi) is 10.1. The molecule has 0 fully saturated rings. The van der Waals surface area contributed by atoms with E-state index in [0.717, 1.165) is 30.0 Å². The van der Waals surface area contributed by atoms with Gasteiger partial charge in [0.15, 0.2) is 0 Å². The number of carbonyl (C=O) groups excluding carboxylic acids is 1. The molecule has 0 unspecified atom stereocenters. The van der Waals surface area contributed by atoms with Crippen LogP contribution in [0.4, 0.5) is 5.69 Å². The van der Waals surface area contributed by atoms with Gasteiger partial charge in [0, 0.05) is 32.4 Å². The normalized spacial score (nSPS) is 12.4. The number of nitrogens with one attached hydrogen (secondary N) is 3. The maximum atomic E-state index is 11.4. The summed E-state index contributed by atoms with van der Waals surface area (Å²) in [6.07, 6.45) is 0. The van der Waals surface area contributed by atoms with Crippen molar-refractivity contribution in [2.24, 2.45) is 17.3 Å². The zero-order valence-electron chi connectivity index (χ0n) is 16.7. The van der Waals surface area contributed by atoms with Crippen LogP contribution in [0.25, 0.3) is 5.70 Å². The molecular weight excluding hydrogens is 376 g/mol. The molecule has 0 heterocycles. The number of benzene rings is 1. The van der Waals surface area contributed by atoms with E-state index in [0.29, 0.717) is 13.1 Å². The predicted molar refractivity (Wildman–Crippen MR) is 118 cm³/mol. The van der Waals surface area contributed by atoms with Crippen molar-refractivity contribution in [3.05, 3.63) is 46.8 Å². The smallest absolute Gasteiger partial charge is 0.268 e. The van der Waals surface area contributed by atoms with Crippen LogP contribution >= 0.6 is 12.6 Å². The Morgan fingerprint density at radius 1 is 1.18 bits per heavy atom. The van der Waals surface area contributed by atoms with Crippen LogP contribution in [-0.4, -0.2) is 44.3 Å². The molecule has 9 N–H and O–H groups in total. The molecule has 10 heteroatoms. The summed E-state index contributed by atoms with van der Waals surface area (Å²) in [6.45, 7) is 6.88. The summed E-state index contributed by atoms with van der Waals surface area (Å²) in [7, 11) is 1.60. The first-order valence-corrected chi connectivity index (χ1v) is 9.59. The molecule has 0 radical (unpaired) electrons. The summed E-state index contributed by atoms with van der Waals surface area (Å²) in [5.74, 6) is 5.53. The minimum Gasteiger partial charge on any atom is -0.384 e. The minimum atomic E-state index is -0.646. The maximum Gasteiger partial charge on any atom is 0.268 e. The summed E-state index contributed by atoms with van der Waals surface area (Å²) in [6, 6.07) is 8.15. The molecule has 0 aliphatic heterocycles. The average molecular weight is 409 g/mol. The van der Waals surface area contributed by atoms with E-state index in [1.165, 1.54) is 5.12 Å². The highest BCUT2D eigenvalue weighted by Crippen LogP contribution is 2.19. The molecule has 0 atom stereocenters. The average Bonchev–Trinajstić information content (AvgIpc) is 2.70. The Labute approximate surface area is 172 Å². The second-order valence-electron chi connectivity index (χ2n) is 5.90. The van der Waals surface area contributed by atoms with Crippen molar-refractivity contribution in [1.29, 1.82) is 0 Å². The van der Waals surface area contributed by atoms with E-state index in [1.54, 1.807) is 12.5 Å². The Balaban J connectivity index is 2.66. The molecule has 28 heavy (non-hydrogen) atoms. The summed E-state index contributed by atoms with van der Waals surface area (Å²) >= 11 is 4.27. The van der Waals surface area contributed by atoms with Crippen LogP contribution in [0.3, 0.4) is 0 Å². The van der Waals surface area contributed by atoms with Gasteiger partial charge < -0.3 is 32.4 Å². The molecule has 1 rings (SSSR count).